The van der Waals surface area contributed by atoms with E-state index in [1.54, 1.807) is 13.0 Å². The zero-order valence-electron chi connectivity index (χ0n) is 34.1. The summed E-state index contributed by atoms with van der Waals surface area (Å²) in [6.45, 7) is 4.54. The molecule has 0 saturated carbocycles. The third-order valence-electron chi connectivity index (χ3n) is 12.5. The van der Waals surface area contributed by atoms with Crippen LogP contribution < -0.4 is 26.2 Å². The second-order valence-electron chi connectivity index (χ2n) is 16.9. The number of carbonyl (C=O) groups is 7. The van der Waals surface area contributed by atoms with Crippen LogP contribution in [-0.4, -0.2) is 139 Å². The van der Waals surface area contributed by atoms with Crippen LogP contribution in [0, 0.1) is 5.92 Å². The van der Waals surface area contributed by atoms with Gasteiger partial charge in [-0.3, -0.25) is 24.0 Å². The minimum absolute atomic E-state index is 0.0687. The van der Waals surface area contributed by atoms with Crippen molar-refractivity contribution in [1.29, 1.82) is 0 Å². The van der Waals surface area contributed by atoms with Gasteiger partial charge in [-0.1, -0.05) is 37.3 Å². The van der Waals surface area contributed by atoms with Crippen LogP contribution in [0.25, 0.3) is 0 Å². The average Bonchev–Trinajstić information content (AvgIpc) is 3.96. The molecule has 1 unspecified atom stereocenters. The van der Waals surface area contributed by atoms with E-state index in [2.05, 4.69) is 26.2 Å². The van der Waals surface area contributed by atoms with Gasteiger partial charge in [0.25, 0.3) is 0 Å². The molecule has 59 heavy (non-hydrogen) atoms. The average molecular weight is 813 g/mol. The lowest BCUT2D eigenvalue weighted by Gasteiger charge is -2.40. The molecule has 0 aliphatic carbocycles. The van der Waals surface area contributed by atoms with Crippen LogP contribution in [0.1, 0.15) is 63.5 Å². The number of anilines is 2. The summed E-state index contributed by atoms with van der Waals surface area (Å²) < 4.78 is 6.17. The molecule has 4 N–H and O–H groups in total. The minimum atomic E-state index is -1.38. The van der Waals surface area contributed by atoms with Crippen molar-refractivity contribution in [3.63, 3.8) is 0 Å². The van der Waals surface area contributed by atoms with Gasteiger partial charge in [-0.15, -0.1) is 0 Å². The van der Waals surface area contributed by atoms with Crippen LogP contribution >= 0.6 is 0 Å². The summed E-state index contributed by atoms with van der Waals surface area (Å²) in [6.07, 6.45) is 4.61. The first-order valence-corrected chi connectivity index (χ1v) is 20.9. The van der Waals surface area contributed by atoms with Gasteiger partial charge in [0.1, 0.15) is 42.0 Å². The maximum Gasteiger partial charge on any atom is 0.319 e. The van der Waals surface area contributed by atoms with Gasteiger partial charge in [0.05, 0.1) is 13.2 Å². The molecule has 5 aliphatic rings. The first-order valence-electron chi connectivity index (χ1n) is 20.9. The number of fused-ring (bicyclic) bond motifs is 4. The largest absolute Gasteiger partial charge is 0.376 e. The number of likely N-dealkylation sites (N-methyl/N-ethyl adjacent to an activating group) is 1. The lowest BCUT2D eigenvalue weighted by atomic mass is 9.95. The van der Waals surface area contributed by atoms with Gasteiger partial charge in [-0.25, -0.2) is 4.79 Å². The van der Waals surface area contributed by atoms with E-state index in [1.165, 1.54) is 14.7 Å². The van der Waals surface area contributed by atoms with Crippen LogP contribution in [0.4, 0.5) is 16.2 Å². The van der Waals surface area contributed by atoms with Crippen LogP contribution in [0.3, 0.4) is 0 Å². The van der Waals surface area contributed by atoms with Gasteiger partial charge in [-0.05, 0) is 87.1 Å². The SMILES string of the molecule is C[C@@H]1CN2C(=O)[C@H](C)NC(=O)[C@@H]3CCCCN3C(=O)[C@@H]3CCCN3C(=O)[C@@H](NC(=O)[C@H](Cc3ccccc3)NC(=O)Nc3ccc4c(c3)CCN4C)COCC2(C=O)C1. The van der Waals surface area contributed by atoms with Crippen molar-refractivity contribution >= 4 is 53.2 Å². The molecule has 0 bridgehead atoms. The van der Waals surface area contributed by atoms with Gasteiger partial charge in [0, 0.05) is 51.0 Å². The Morgan fingerprint density at radius 2 is 1.68 bits per heavy atom. The van der Waals surface area contributed by atoms with Crippen molar-refractivity contribution in [2.24, 2.45) is 5.92 Å². The molecule has 16 heteroatoms. The summed E-state index contributed by atoms with van der Waals surface area (Å²) >= 11 is 0. The molecule has 5 aliphatic heterocycles. The highest BCUT2D eigenvalue weighted by Crippen LogP contribution is 2.34. The molecule has 0 radical (unpaired) electrons. The monoisotopic (exact) mass is 812 g/mol. The van der Waals surface area contributed by atoms with Crippen molar-refractivity contribution < 1.29 is 38.3 Å². The number of aldehydes is 1. The Kier molecular flexibility index (Phi) is 12.5. The highest BCUT2D eigenvalue weighted by molar-refractivity contribution is 5.98. The van der Waals surface area contributed by atoms with E-state index in [-0.39, 0.29) is 44.5 Å². The Bertz CT molecular complexity index is 1950. The topological polar surface area (TPSA) is 190 Å². The zero-order valence-corrected chi connectivity index (χ0v) is 34.1. The quantitative estimate of drug-likeness (QED) is 0.301. The van der Waals surface area contributed by atoms with E-state index in [0.29, 0.717) is 57.0 Å². The maximum atomic E-state index is 14.7. The zero-order chi connectivity index (χ0) is 41.8. The Morgan fingerprint density at radius 1 is 0.932 bits per heavy atom. The number of piperidine rings is 1. The molecule has 7 amide bonds. The fourth-order valence-electron chi connectivity index (χ4n) is 9.44. The van der Waals surface area contributed by atoms with Crippen molar-refractivity contribution in [3.05, 3.63) is 59.7 Å². The van der Waals surface area contributed by atoms with E-state index >= 15 is 0 Å². The molecule has 0 spiro atoms. The predicted octanol–water partition coefficient (Wildman–Crippen LogP) is 1.61. The Hall–Kier alpha value is -5.51. The Labute approximate surface area is 344 Å². The number of amides is 7. The van der Waals surface area contributed by atoms with E-state index < -0.39 is 65.4 Å². The smallest absolute Gasteiger partial charge is 0.319 e. The molecular formula is C43H56N8O8. The maximum absolute atomic E-state index is 14.7. The summed E-state index contributed by atoms with van der Waals surface area (Å²) in [6, 6.07) is 9.06. The minimum Gasteiger partial charge on any atom is -0.376 e. The van der Waals surface area contributed by atoms with Crippen LogP contribution in [-0.2, 0) is 46.3 Å². The molecule has 7 atom stereocenters. The highest BCUT2D eigenvalue weighted by atomic mass is 16.5. The van der Waals surface area contributed by atoms with Gasteiger partial charge >= 0.3 is 6.03 Å². The number of carbonyl (C=O) groups excluding carboxylic acids is 7. The molecule has 7 rings (SSSR count). The number of nitrogens with zero attached hydrogens (tertiary/aromatic N) is 4. The molecule has 316 valence electrons. The third-order valence-corrected chi connectivity index (χ3v) is 12.5. The summed E-state index contributed by atoms with van der Waals surface area (Å²) in [5.74, 6) is -2.57. The van der Waals surface area contributed by atoms with Crippen LogP contribution in [0.5, 0.6) is 0 Å². The van der Waals surface area contributed by atoms with E-state index in [4.69, 9.17) is 4.74 Å². The van der Waals surface area contributed by atoms with Crippen molar-refractivity contribution in [2.75, 3.05) is 56.7 Å². The molecular weight excluding hydrogens is 757 g/mol. The first-order chi connectivity index (χ1) is 28.4. The number of hydrogen-bond acceptors (Lipinski definition) is 9. The fourth-order valence-corrected chi connectivity index (χ4v) is 9.44. The molecule has 4 fully saturated rings. The second-order valence-corrected chi connectivity index (χ2v) is 16.9. The van der Waals surface area contributed by atoms with Gasteiger partial charge in [-0.2, -0.15) is 0 Å². The number of rotatable bonds is 7. The van der Waals surface area contributed by atoms with Crippen molar-refractivity contribution in [3.8, 4) is 0 Å². The summed E-state index contributed by atoms with van der Waals surface area (Å²) in [5, 5.41) is 11.3. The molecule has 2 aromatic carbocycles. The number of nitrogens with one attached hydrogen (secondary N) is 4. The van der Waals surface area contributed by atoms with Gasteiger partial charge in [0.2, 0.25) is 29.5 Å². The molecule has 2 aromatic rings. The number of benzene rings is 2. The predicted molar refractivity (Wildman–Crippen MR) is 218 cm³/mol. The standard InChI is InChI=1S/C43H56N8O8/c1-27-22-43(25-52)26-59-24-33(40(56)50-18-9-13-36(50)41(57)49-17-8-7-12-35(49)38(54)44-28(2)39(55)51(43)23-27)46-37(53)32(20-29-10-5-4-6-11-29)47-42(58)45-31-14-15-34-30(21-31)16-19-48(34)3/h4-6,10-11,14-15,21,25,27-28,32-33,35-36H,7-9,12-13,16-20,22-24,26H2,1-3H3,(H,44,54)(H,46,53)(H2,45,47,58)/t27-,28-,32-,33-,35-,36-,43?/m0/s1. The van der Waals surface area contributed by atoms with Crippen LogP contribution in [0.2, 0.25) is 0 Å². The van der Waals surface area contributed by atoms with E-state index in [1.807, 2.05) is 56.4 Å². The lowest BCUT2D eigenvalue weighted by Crippen LogP contribution is -2.63. The van der Waals surface area contributed by atoms with E-state index in [9.17, 15) is 33.6 Å². The third kappa shape index (κ3) is 8.92. The summed E-state index contributed by atoms with van der Waals surface area (Å²) in [4.78, 5) is 104. The van der Waals surface area contributed by atoms with Gasteiger partial charge in [0.15, 0.2) is 0 Å². The number of ether oxygens (including phenoxy) is 1. The van der Waals surface area contributed by atoms with Crippen molar-refractivity contribution in [2.45, 2.75) is 101 Å². The first kappa shape index (κ1) is 41.6. The fraction of sp³-hybridized carbons (Fsp3) is 0.558. The van der Waals surface area contributed by atoms with E-state index in [0.717, 1.165) is 29.8 Å². The summed E-state index contributed by atoms with van der Waals surface area (Å²) in [7, 11) is 2.01. The number of urea groups is 1. The van der Waals surface area contributed by atoms with Gasteiger partial charge < -0.3 is 50.4 Å². The Balaban J connectivity index is 1.17. The lowest BCUT2D eigenvalue weighted by molar-refractivity contribution is -0.153. The Morgan fingerprint density at radius 3 is 2.46 bits per heavy atom. The summed E-state index contributed by atoms with van der Waals surface area (Å²) in [5.41, 5.74) is 2.15. The normalized spacial score (nSPS) is 28.2. The second kappa shape index (κ2) is 17.8. The molecule has 16 nitrogen and oxygen atoms in total. The molecule has 4 saturated heterocycles. The molecule has 5 heterocycles. The van der Waals surface area contributed by atoms with Crippen molar-refractivity contribution in [1.82, 2.24) is 30.7 Å². The van der Waals surface area contributed by atoms with Crippen LogP contribution in [0.15, 0.2) is 48.5 Å². The highest BCUT2D eigenvalue weighted by Gasteiger charge is 2.50. The number of hydrogen-bond donors (Lipinski definition) is 4. The molecule has 0 aromatic heterocycles.